The summed E-state index contributed by atoms with van der Waals surface area (Å²) >= 11 is 12.4. The summed E-state index contributed by atoms with van der Waals surface area (Å²) in [4.78, 5) is 4.26. The van der Waals surface area contributed by atoms with Crippen LogP contribution >= 0.6 is 43.5 Å². The Hall–Kier alpha value is -0.630. The smallest absolute Gasteiger partial charge is 0.263 e. The molecule has 4 nitrogen and oxygen atoms in total. The Morgan fingerprint density at radius 3 is 2.45 bits per heavy atom. The molecule has 0 aliphatic rings. The zero-order chi connectivity index (χ0) is 14.9. The van der Waals surface area contributed by atoms with Crippen LogP contribution in [0.2, 0.25) is 5.02 Å². The lowest BCUT2D eigenvalue weighted by molar-refractivity contribution is 0.601. The fourth-order valence-electron chi connectivity index (χ4n) is 1.44. The van der Waals surface area contributed by atoms with Crippen LogP contribution in [0, 0.1) is 6.92 Å². The van der Waals surface area contributed by atoms with Gasteiger partial charge in [-0.15, -0.1) is 0 Å². The van der Waals surface area contributed by atoms with Crippen LogP contribution in [0.25, 0.3) is 0 Å². The van der Waals surface area contributed by atoms with Gasteiger partial charge in [-0.25, -0.2) is 13.4 Å². The van der Waals surface area contributed by atoms with Crippen molar-refractivity contribution < 1.29 is 8.42 Å². The minimum Gasteiger partial charge on any atom is -0.263 e. The van der Waals surface area contributed by atoms with Gasteiger partial charge in [0, 0.05) is 8.95 Å². The molecule has 0 saturated heterocycles. The zero-order valence-corrected chi connectivity index (χ0v) is 14.9. The van der Waals surface area contributed by atoms with Crippen LogP contribution in [0.3, 0.4) is 0 Å². The third-order valence-corrected chi connectivity index (χ3v) is 5.87. The molecule has 0 radical (unpaired) electrons. The Morgan fingerprint density at radius 1 is 1.15 bits per heavy atom. The standard InChI is InChI=1S/C12H9Br2ClN2O2S/c1-7-9(13)3-5-12(16-7)17-20(18,19)8-2-4-11(15)10(14)6-8/h2-6H,1H3,(H,16,17). The summed E-state index contributed by atoms with van der Waals surface area (Å²) in [5.41, 5.74) is 0.697. The van der Waals surface area contributed by atoms with E-state index >= 15 is 0 Å². The molecule has 106 valence electrons. The second-order valence-corrected chi connectivity index (χ2v) is 7.74. The molecule has 1 heterocycles. The summed E-state index contributed by atoms with van der Waals surface area (Å²) in [5.74, 6) is 0.261. The highest BCUT2D eigenvalue weighted by Gasteiger charge is 2.16. The molecule has 0 amide bonds. The normalized spacial score (nSPS) is 11.4. The van der Waals surface area contributed by atoms with E-state index in [2.05, 4.69) is 41.6 Å². The van der Waals surface area contributed by atoms with Crippen molar-refractivity contribution in [1.82, 2.24) is 4.98 Å². The van der Waals surface area contributed by atoms with Crippen molar-refractivity contribution in [2.75, 3.05) is 4.72 Å². The zero-order valence-electron chi connectivity index (χ0n) is 10.2. The summed E-state index contributed by atoms with van der Waals surface area (Å²) in [6.45, 7) is 1.78. The van der Waals surface area contributed by atoms with E-state index in [1.165, 1.54) is 18.2 Å². The maximum atomic E-state index is 12.2. The number of hydrogen-bond acceptors (Lipinski definition) is 3. The SMILES string of the molecule is Cc1nc(NS(=O)(=O)c2ccc(Cl)c(Br)c2)ccc1Br. The van der Waals surface area contributed by atoms with Gasteiger partial charge in [-0.2, -0.15) is 0 Å². The van der Waals surface area contributed by atoms with E-state index < -0.39 is 10.0 Å². The number of anilines is 1. The van der Waals surface area contributed by atoms with Crippen molar-refractivity contribution in [2.45, 2.75) is 11.8 Å². The van der Waals surface area contributed by atoms with Crippen LogP contribution < -0.4 is 4.72 Å². The van der Waals surface area contributed by atoms with E-state index in [0.717, 1.165) is 4.47 Å². The Kier molecular flexibility index (Phi) is 4.73. The van der Waals surface area contributed by atoms with Crippen LogP contribution in [-0.4, -0.2) is 13.4 Å². The first-order chi connectivity index (χ1) is 9.29. The number of sulfonamides is 1. The first-order valence-corrected chi connectivity index (χ1v) is 8.85. The van der Waals surface area contributed by atoms with Gasteiger partial charge in [0.1, 0.15) is 5.82 Å². The molecule has 8 heteroatoms. The summed E-state index contributed by atoms with van der Waals surface area (Å²) in [7, 11) is -3.70. The molecule has 2 aromatic rings. The predicted molar refractivity (Wildman–Crippen MR) is 86.6 cm³/mol. The van der Waals surface area contributed by atoms with Gasteiger partial charge >= 0.3 is 0 Å². The molecule has 0 spiro atoms. The van der Waals surface area contributed by atoms with Gasteiger partial charge in [0.25, 0.3) is 10.0 Å². The van der Waals surface area contributed by atoms with Crippen molar-refractivity contribution in [3.8, 4) is 0 Å². The summed E-state index contributed by atoms with van der Waals surface area (Å²) in [6.07, 6.45) is 0. The Bertz CT molecular complexity index is 766. The van der Waals surface area contributed by atoms with E-state index in [9.17, 15) is 8.42 Å². The third-order valence-electron chi connectivity index (χ3n) is 2.46. The maximum Gasteiger partial charge on any atom is 0.263 e. The Labute approximate surface area is 138 Å². The molecule has 20 heavy (non-hydrogen) atoms. The highest BCUT2D eigenvalue weighted by molar-refractivity contribution is 9.10. The van der Waals surface area contributed by atoms with Crippen LogP contribution in [0.5, 0.6) is 0 Å². The van der Waals surface area contributed by atoms with Gasteiger partial charge in [0.15, 0.2) is 0 Å². The van der Waals surface area contributed by atoms with Crippen LogP contribution in [0.1, 0.15) is 5.69 Å². The van der Waals surface area contributed by atoms with Crippen molar-refractivity contribution in [3.05, 3.63) is 50.0 Å². The van der Waals surface area contributed by atoms with E-state index in [1.54, 1.807) is 19.1 Å². The van der Waals surface area contributed by atoms with E-state index in [-0.39, 0.29) is 10.7 Å². The Morgan fingerprint density at radius 2 is 1.85 bits per heavy atom. The molecule has 2 rings (SSSR count). The fraction of sp³-hybridized carbons (Fsp3) is 0.0833. The Balaban J connectivity index is 2.35. The fourth-order valence-corrected chi connectivity index (χ4v) is 3.34. The molecule has 0 aliphatic carbocycles. The quantitative estimate of drug-likeness (QED) is 0.771. The number of rotatable bonds is 3. The van der Waals surface area contributed by atoms with Gasteiger partial charge in [-0.3, -0.25) is 4.72 Å². The largest absolute Gasteiger partial charge is 0.263 e. The van der Waals surface area contributed by atoms with Crippen molar-refractivity contribution in [1.29, 1.82) is 0 Å². The third kappa shape index (κ3) is 3.52. The van der Waals surface area contributed by atoms with Crippen molar-refractivity contribution in [3.63, 3.8) is 0 Å². The van der Waals surface area contributed by atoms with Crippen LogP contribution in [0.15, 0.2) is 44.2 Å². The summed E-state index contributed by atoms with van der Waals surface area (Å²) < 4.78 is 28.2. The van der Waals surface area contributed by atoms with Crippen LogP contribution in [-0.2, 0) is 10.0 Å². The number of benzene rings is 1. The number of hydrogen-bond donors (Lipinski definition) is 1. The second-order valence-electron chi connectivity index (χ2n) is 3.95. The average Bonchev–Trinajstić information content (AvgIpc) is 2.37. The number of nitrogens with one attached hydrogen (secondary N) is 1. The first kappa shape index (κ1) is 15.8. The molecule has 1 aromatic heterocycles. The highest BCUT2D eigenvalue weighted by atomic mass is 79.9. The summed E-state index contributed by atoms with van der Waals surface area (Å²) in [6, 6.07) is 7.70. The number of halogens is 3. The van der Waals surface area contributed by atoms with Crippen LogP contribution in [0.4, 0.5) is 5.82 Å². The van der Waals surface area contributed by atoms with Gasteiger partial charge in [-0.1, -0.05) is 11.6 Å². The second kappa shape index (κ2) is 6.01. The lowest BCUT2D eigenvalue weighted by Crippen LogP contribution is -2.14. The van der Waals surface area contributed by atoms with Gasteiger partial charge < -0.3 is 0 Å². The van der Waals surface area contributed by atoms with Gasteiger partial charge in [-0.05, 0) is 69.1 Å². The van der Waals surface area contributed by atoms with Gasteiger partial charge in [0.2, 0.25) is 0 Å². The molecule has 1 N–H and O–H groups in total. The van der Waals surface area contributed by atoms with Gasteiger partial charge in [0.05, 0.1) is 15.6 Å². The minimum atomic E-state index is -3.70. The molecule has 1 aromatic carbocycles. The molecule has 0 atom stereocenters. The number of nitrogens with zero attached hydrogens (tertiary/aromatic N) is 1. The van der Waals surface area contributed by atoms with E-state index in [0.29, 0.717) is 15.2 Å². The van der Waals surface area contributed by atoms with Crippen molar-refractivity contribution in [2.24, 2.45) is 0 Å². The lowest BCUT2D eigenvalue weighted by atomic mass is 10.4. The topological polar surface area (TPSA) is 59.1 Å². The maximum absolute atomic E-state index is 12.2. The molecular formula is C12H9Br2ClN2O2S. The minimum absolute atomic E-state index is 0.108. The average molecular weight is 441 g/mol. The number of aromatic nitrogens is 1. The first-order valence-electron chi connectivity index (χ1n) is 5.40. The predicted octanol–water partition coefficient (Wildman–Crippen LogP) is 4.37. The highest BCUT2D eigenvalue weighted by Crippen LogP contribution is 2.26. The molecule has 0 bridgehead atoms. The molecular weight excluding hydrogens is 431 g/mol. The lowest BCUT2D eigenvalue weighted by Gasteiger charge is -2.09. The number of aryl methyl sites for hydroxylation is 1. The van der Waals surface area contributed by atoms with Crippen molar-refractivity contribution >= 4 is 59.3 Å². The number of pyridine rings is 1. The molecule has 0 saturated carbocycles. The van der Waals surface area contributed by atoms with E-state index in [4.69, 9.17) is 11.6 Å². The van der Waals surface area contributed by atoms with E-state index in [1.807, 2.05) is 0 Å². The molecule has 0 unspecified atom stereocenters. The molecule has 0 fully saturated rings. The summed E-state index contributed by atoms with van der Waals surface area (Å²) in [5, 5.41) is 0.446. The monoisotopic (exact) mass is 438 g/mol. The molecule has 0 aliphatic heterocycles.